The number of nitrogens with zero attached hydrogens (tertiary/aromatic N) is 2. The lowest BCUT2D eigenvalue weighted by Crippen LogP contribution is -2.54. The molecule has 4 rings (SSSR count). The van der Waals surface area contributed by atoms with Crippen LogP contribution in [0.15, 0.2) is 102 Å². The molecule has 0 aliphatic rings. The second kappa shape index (κ2) is 16.2. The molecule has 0 bridgehead atoms. The fourth-order valence-electron chi connectivity index (χ4n) is 4.98. The number of halogens is 2. The van der Waals surface area contributed by atoms with Gasteiger partial charge >= 0.3 is 0 Å². The fraction of sp³-hybridized carbons (Fsp3) is 0.278. The summed E-state index contributed by atoms with van der Waals surface area (Å²) in [6.45, 7) is 5.04. The van der Waals surface area contributed by atoms with Gasteiger partial charge in [0.2, 0.25) is 11.8 Å². The van der Waals surface area contributed by atoms with Crippen LogP contribution in [0.1, 0.15) is 37.0 Å². The Labute approximate surface area is 287 Å². The van der Waals surface area contributed by atoms with Crippen molar-refractivity contribution in [1.82, 2.24) is 10.2 Å². The molecule has 0 aromatic heterocycles. The minimum Gasteiger partial charge on any atom is -0.495 e. The number of sulfonamides is 1. The van der Waals surface area contributed by atoms with Crippen LogP contribution in [0.25, 0.3) is 0 Å². The standard InChI is InChI=1S/C36H39Cl2N3O5S/c1-5-26(3)39-36(43)33(21-27-11-7-6-8-12-27)40(23-28-13-9-10-14-31(28)37)35(42)24-41(29-17-20-34(46-4)32(38)22-29)47(44,45)30-18-15-25(2)16-19-30/h6-20,22,26,33H,5,21,23-24H2,1-4H3,(H,39,43)/t26-,33-/m1/s1. The van der Waals surface area contributed by atoms with E-state index in [9.17, 15) is 18.0 Å². The Kier molecular flexibility index (Phi) is 12.3. The molecule has 0 fully saturated rings. The lowest BCUT2D eigenvalue weighted by atomic mass is 10.0. The highest BCUT2D eigenvalue weighted by Gasteiger charge is 2.35. The number of benzene rings is 4. The molecule has 4 aromatic carbocycles. The molecule has 2 atom stereocenters. The molecule has 0 saturated carbocycles. The number of carbonyl (C=O) groups is 2. The van der Waals surface area contributed by atoms with E-state index in [2.05, 4.69) is 5.32 Å². The Balaban J connectivity index is 1.84. The zero-order valence-electron chi connectivity index (χ0n) is 26.8. The van der Waals surface area contributed by atoms with E-state index < -0.39 is 28.5 Å². The van der Waals surface area contributed by atoms with Crippen molar-refractivity contribution in [3.63, 3.8) is 0 Å². The van der Waals surface area contributed by atoms with Crippen molar-refractivity contribution in [2.24, 2.45) is 0 Å². The van der Waals surface area contributed by atoms with E-state index in [1.807, 2.05) is 51.1 Å². The van der Waals surface area contributed by atoms with Crippen LogP contribution in [-0.2, 0) is 32.6 Å². The number of nitrogens with one attached hydrogen (secondary N) is 1. The molecule has 0 aliphatic carbocycles. The number of methoxy groups -OCH3 is 1. The van der Waals surface area contributed by atoms with Gasteiger partial charge in [-0.1, -0.05) is 96.4 Å². The Bertz CT molecular complexity index is 1790. The average molecular weight is 697 g/mol. The number of anilines is 1. The van der Waals surface area contributed by atoms with Gasteiger partial charge in [0.15, 0.2) is 0 Å². The summed E-state index contributed by atoms with van der Waals surface area (Å²) in [5.41, 5.74) is 2.48. The van der Waals surface area contributed by atoms with Crippen molar-refractivity contribution in [3.05, 3.63) is 124 Å². The molecule has 0 radical (unpaired) electrons. The van der Waals surface area contributed by atoms with Crippen molar-refractivity contribution in [1.29, 1.82) is 0 Å². The molecule has 0 aliphatic heterocycles. The summed E-state index contributed by atoms with van der Waals surface area (Å²) >= 11 is 13.0. The highest BCUT2D eigenvalue weighted by molar-refractivity contribution is 7.92. The summed E-state index contributed by atoms with van der Waals surface area (Å²) in [5.74, 6) is -0.615. The van der Waals surface area contributed by atoms with Gasteiger partial charge in [0.1, 0.15) is 18.3 Å². The number of hydrogen-bond acceptors (Lipinski definition) is 5. The van der Waals surface area contributed by atoms with Gasteiger partial charge in [0.05, 0.1) is 22.7 Å². The quantitative estimate of drug-likeness (QED) is 0.152. The maximum atomic E-state index is 14.6. The lowest BCUT2D eigenvalue weighted by molar-refractivity contribution is -0.140. The smallest absolute Gasteiger partial charge is 0.264 e. The van der Waals surface area contributed by atoms with Gasteiger partial charge in [-0.3, -0.25) is 13.9 Å². The van der Waals surface area contributed by atoms with Crippen LogP contribution in [0.4, 0.5) is 5.69 Å². The van der Waals surface area contributed by atoms with Crippen molar-refractivity contribution in [3.8, 4) is 5.75 Å². The third kappa shape index (κ3) is 9.06. The topological polar surface area (TPSA) is 96.0 Å². The van der Waals surface area contributed by atoms with Crippen LogP contribution in [0.2, 0.25) is 10.0 Å². The van der Waals surface area contributed by atoms with Crippen LogP contribution >= 0.6 is 23.2 Å². The third-order valence-corrected chi connectivity index (χ3v) is 10.3. The number of carbonyl (C=O) groups excluding carboxylic acids is 2. The van der Waals surface area contributed by atoms with Crippen LogP contribution in [-0.4, -0.2) is 50.9 Å². The number of rotatable bonds is 14. The Morgan fingerprint density at radius 3 is 2.17 bits per heavy atom. The van der Waals surface area contributed by atoms with Crippen LogP contribution in [0.3, 0.4) is 0 Å². The van der Waals surface area contributed by atoms with E-state index in [4.69, 9.17) is 27.9 Å². The first kappa shape index (κ1) is 35.8. The Morgan fingerprint density at radius 1 is 0.894 bits per heavy atom. The molecule has 0 saturated heterocycles. The van der Waals surface area contributed by atoms with E-state index in [1.165, 1.54) is 36.3 Å². The summed E-state index contributed by atoms with van der Waals surface area (Å²) in [6.07, 6.45) is 0.876. The predicted octanol–water partition coefficient (Wildman–Crippen LogP) is 7.06. The Morgan fingerprint density at radius 2 is 1.55 bits per heavy atom. The second-order valence-corrected chi connectivity index (χ2v) is 14.0. The molecule has 1 N–H and O–H groups in total. The summed E-state index contributed by atoms with van der Waals surface area (Å²) < 4.78 is 34.8. The normalized spacial score (nSPS) is 12.6. The van der Waals surface area contributed by atoms with E-state index in [0.29, 0.717) is 22.8 Å². The van der Waals surface area contributed by atoms with Crippen LogP contribution in [0, 0.1) is 6.92 Å². The van der Waals surface area contributed by atoms with Crippen molar-refractivity contribution < 1.29 is 22.7 Å². The van der Waals surface area contributed by atoms with Gasteiger partial charge in [0, 0.05) is 24.0 Å². The van der Waals surface area contributed by atoms with Gasteiger partial charge in [-0.2, -0.15) is 0 Å². The Hall–Kier alpha value is -4.05. The first-order valence-corrected chi connectivity index (χ1v) is 17.4. The zero-order chi connectivity index (χ0) is 34.1. The van der Waals surface area contributed by atoms with Crippen molar-refractivity contribution in [2.75, 3.05) is 18.0 Å². The maximum Gasteiger partial charge on any atom is 0.264 e. The minimum absolute atomic E-state index is 0.00385. The molecular formula is C36H39Cl2N3O5S. The van der Waals surface area contributed by atoms with Gasteiger partial charge in [0.25, 0.3) is 10.0 Å². The number of aryl methyl sites for hydroxylation is 1. The maximum absolute atomic E-state index is 14.6. The molecule has 4 aromatic rings. The number of ether oxygens (including phenoxy) is 1. The van der Waals surface area contributed by atoms with Gasteiger partial charge < -0.3 is 15.0 Å². The zero-order valence-corrected chi connectivity index (χ0v) is 29.1. The van der Waals surface area contributed by atoms with E-state index in [0.717, 1.165) is 15.4 Å². The first-order chi connectivity index (χ1) is 22.4. The van der Waals surface area contributed by atoms with Gasteiger partial charge in [-0.25, -0.2) is 8.42 Å². The first-order valence-electron chi connectivity index (χ1n) is 15.2. The molecule has 11 heteroatoms. The van der Waals surface area contributed by atoms with E-state index in [-0.39, 0.29) is 40.5 Å². The molecule has 0 heterocycles. The predicted molar refractivity (Wildman–Crippen MR) is 188 cm³/mol. The van der Waals surface area contributed by atoms with Gasteiger partial charge in [-0.05, 0) is 67.8 Å². The van der Waals surface area contributed by atoms with E-state index >= 15 is 0 Å². The van der Waals surface area contributed by atoms with E-state index in [1.54, 1.807) is 42.5 Å². The fourth-order valence-corrected chi connectivity index (χ4v) is 6.84. The summed E-state index contributed by atoms with van der Waals surface area (Å²) in [5, 5.41) is 3.61. The van der Waals surface area contributed by atoms with Crippen molar-refractivity contribution in [2.45, 2.75) is 57.1 Å². The molecule has 47 heavy (non-hydrogen) atoms. The highest BCUT2D eigenvalue weighted by atomic mass is 35.5. The molecule has 0 unspecified atom stereocenters. The third-order valence-electron chi connectivity index (χ3n) is 7.88. The molecular weight excluding hydrogens is 657 g/mol. The van der Waals surface area contributed by atoms with Crippen LogP contribution in [0.5, 0.6) is 5.75 Å². The molecule has 8 nitrogen and oxygen atoms in total. The molecule has 0 spiro atoms. The SMILES string of the molecule is CC[C@@H](C)NC(=O)[C@@H](Cc1ccccc1)N(Cc1ccccc1Cl)C(=O)CN(c1ccc(OC)c(Cl)c1)S(=O)(=O)c1ccc(C)cc1. The molecule has 248 valence electrons. The largest absolute Gasteiger partial charge is 0.495 e. The highest BCUT2D eigenvalue weighted by Crippen LogP contribution is 2.32. The summed E-state index contributed by atoms with van der Waals surface area (Å²) in [6, 6.07) is 26.1. The van der Waals surface area contributed by atoms with Crippen molar-refractivity contribution >= 4 is 50.7 Å². The summed E-state index contributed by atoms with van der Waals surface area (Å²) in [7, 11) is -2.83. The number of hydrogen-bond donors (Lipinski definition) is 1. The monoisotopic (exact) mass is 695 g/mol. The molecule has 2 amide bonds. The summed E-state index contributed by atoms with van der Waals surface area (Å²) in [4.78, 5) is 30.0. The lowest BCUT2D eigenvalue weighted by Gasteiger charge is -2.34. The second-order valence-electron chi connectivity index (χ2n) is 11.3. The van der Waals surface area contributed by atoms with Gasteiger partial charge in [-0.15, -0.1) is 0 Å². The number of amides is 2. The minimum atomic E-state index is -4.28. The average Bonchev–Trinajstić information content (AvgIpc) is 3.06. The van der Waals surface area contributed by atoms with Crippen LogP contribution < -0.4 is 14.4 Å².